The van der Waals surface area contributed by atoms with Crippen LogP contribution in [0.1, 0.15) is 19.4 Å². The highest BCUT2D eigenvalue weighted by Gasteiger charge is 2.26. The lowest BCUT2D eigenvalue weighted by Crippen LogP contribution is -2.49. The standard InChI is InChI=1S/C24H25ClN2O3/c1-3-26-24(29)17(2)27(15-18-11-13-20(25)14-12-18)23(28)16-30-22-10-6-8-19-7-4-5-9-21(19)22/h4-14,17H,3,15-16H2,1-2H3,(H,26,29)/t17-/m1/s1. The summed E-state index contributed by atoms with van der Waals surface area (Å²) >= 11 is 5.97. The monoisotopic (exact) mass is 424 g/mol. The average molecular weight is 425 g/mol. The molecule has 3 aromatic carbocycles. The van der Waals surface area contributed by atoms with Crippen LogP contribution in [-0.4, -0.2) is 35.9 Å². The van der Waals surface area contributed by atoms with Gasteiger partial charge in [-0.2, -0.15) is 0 Å². The van der Waals surface area contributed by atoms with Gasteiger partial charge in [-0.3, -0.25) is 9.59 Å². The Morgan fingerprint density at radius 1 is 1.03 bits per heavy atom. The predicted octanol–water partition coefficient (Wildman–Crippen LogP) is 4.43. The number of likely N-dealkylation sites (N-methyl/N-ethyl adjacent to an activating group) is 1. The van der Waals surface area contributed by atoms with Gasteiger partial charge in [0.1, 0.15) is 11.8 Å². The summed E-state index contributed by atoms with van der Waals surface area (Å²) in [6, 6.07) is 20.2. The normalized spacial score (nSPS) is 11.7. The zero-order valence-electron chi connectivity index (χ0n) is 17.1. The van der Waals surface area contributed by atoms with E-state index in [1.807, 2.05) is 61.5 Å². The van der Waals surface area contributed by atoms with E-state index in [1.165, 1.54) is 4.90 Å². The Kier molecular flexibility index (Phi) is 7.31. The molecule has 5 nitrogen and oxygen atoms in total. The molecule has 0 spiro atoms. The Bertz CT molecular complexity index is 1020. The molecule has 156 valence electrons. The first-order valence-electron chi connectivity index (χ1n) is 9.91. The van der Waals surface area contributed by atoms with Gasteiger partial charge in [-0.1, -0.05) is 60.1 Å². The third-order valence-corrected chi connectivity index (χ3v) is 5.14. The molecule has 0 saturated carbocycles. The number of hydrogen-bond donors (Lipinski definition) is 1. The summed E-state index contributed by atoms with van der Waals surface area (Å²) in [5, 5.41) is 5.37. The molecule has 0 radical (unpaired) electrons. The van der Waals surface area contributed by atoms with Gasteiger partial charge in [0.25, 0.3) is 5.91 Å². The van der Waals surface area contributed by atoms with E-state index >= 15 is 0 Å². The Morgan fingerprint density at radius 2 is 1.73 bits per heavy atom. The summed E-state index contributed by atoms with van der Waals surface area (Å²) in [7, 11) is 0. The number of nitrogens with zero attached hydrogens (tertiary/aromatic N) is 1. The van der Waals surface area contributed by atoms with Crippen LogP contribution in [0.4, 0.5) is 0 Å². The lowest BCUT2D eigenvalue weighted by atomic mass is 10.1. The summed E-state index contributed by atoms with van der Waals surface area (Å²) in [6.07, 6.45) is 0. The van der Waals surface area contributed by atoms with Crippen molar-refractivity contribution in [3.63, 3.8) is 0 Å². The zero-order chi connectivity index (χ0) is 21.5. The molecule has 2 amide bonds. The SMILES string of the molecule is CCNC(=O)[C@@H](C)N(Cc1ccc(Cl)cc1)C(=O)COc1cccc2ccccc12. The largest absolute Gasteiger partial charge is 0.483 e. The molecule has 0 aromatic heterocycles. The molecule has 30 heavy (non-hydrogen) atoms. The third-order valence-electron chi connectivity index (χ3n) is 4.89. The summed E-state index contributed by atoms with van der Waals surface area (Å²) in [5.74, 6) is 0.167. The lowest BCUT2D eigenvalue weighted by Gasteiger charge is -2.28. The van der Waals surface area contributed by atoms with Gasteiger partial charge in [-0.25, -0.2) is 0 Å². The second-order valence-corrected chi connectivity index (χ2v) is 7.42. The third kappa shape index (κ3) is 5.30. The maximum atomic E-state index is 13.1. The number of benzene rings is 3. The first-order valence-corrected chi connectivity index (χ1v) is 10.3. The second-order valence-electron chi connectivity index (χ2n) is 6.98. The maximum Gasteiger partial charge on any atom is 0.261 e. The molecule has 0 fully saturated rings. The molecule has 6 heteroatoms. The summed E-state index contributed by atoms with van der Waals surface area (Å²) in [5.41, 5.74) is 0.883. The lowest BCUT2D eigenvalue weighted by molar-refractivity contribution is -0.142. The van der Waals surface area contributed by atoms with Crippen LogP contribution in [0.3, 0.4) is 0 Å². The minimum atomic E-state index is -0.635. The van der Waals surface area contributed by atoms with E-state index in [1.54, 1.807) is 19.1 Å². The highest BCUT2D eigenvalue weighted by Crippen LogP contribution is 2.25. The predicted molar refractivity (Wildman–Crippen MR) is 120 cm³/mol. The number of hydrogen-bond acceptors (Lipinski definition) is 3. The van der Waals surface area contributed by atoms with E-state index in [-0.39, 0.29) is 25.0 Å². The van der Waals surface area contributed by atoms with Gasteiger partial charge in [-0.15, -0.1) is 0 Å². The number of rotatable bonds is 8. The minimum absolute atomic E-state index is 0.161. The van der Waals surface area contributed by atoms with Gasteiger partial charge in [-0.05, 0) is 43.0 Å². The molecule has 0 aliphatic rings. The highest BCUT2D eigenvalue weighted by molar-refractivity contribution is 6.30. The maximum absolute atomic E-state index is 13.1. The quantitative estimate of drug-likeness (QED) is 0.582. The van der Waals surface area contributed by atoms with Crippen molar-refractivity contribution in [3.8, 4) is 5.75 Å². The van der Waals surface area contributed by atoms with E-state index in [0.29, 0.717) is 17.3 Å². The van der Waals surface area contributed by atoms with Gasteiger partial charge >= 0.3 is 0 Å². The molecule has 1 atom stereocenters. The van der Waals surface area contributed by atoms with Crippen molar-refractivity contribution in [3.05, 3.63) is 77.3 Å². The minimum Gasteiger partial charge on any atom is -0.483 e. The van der Waals surface area contributed by atoms with Crippen LogP contribution in [-0.2, 0) is 16.1 Å². The van der Waals surface area contributed by atoms with E-state index in [9.17, 15) is 9.59 Å². The highest BCUT2D eigenvalue weighted by atomic mass is 35.5. The number of amides is 2. The molecular formula is C24H25ClN2O3. The Hall–Kier alpha value is -3.05. The van der Waals surface area contributed by atoms with Gasteiger partial charge in [0.05, 0.1) is 0 Å². The molecule has 0 aliphatic carbocycles. The fraction of sp³-hybridized carbons (Fsp3) is 0.250. The van der Waals surface area contributed by atoms with Gasteiger partial charge < -0.3 is 15.0 Å². The van der Waals surface area contributed by atoms with Gasteiger partial charge in [0, 0.05) is 23.5 Å². The number of fused-ring (bicyclic) bond motifs is 1. The zero-order valence-corrected chi connectivity index (χ0v) is 17.9. The Balaban J connectivity index is 1.78. The van der Waals surface area contributed by atoms with Crippen LogP contribution in [0.25, 0.3) is 10.8 Å². The van der Waals surface area contributed by atoms with E-state index in [2.05, 4.69) is 5.32 Å². The van der Waals surface area contributed by atoms with Crippen LogP contribution in [0.15, 0.2) is 66.7 Å². The van der Waals surface area contributed by atoms with Crippen LogP contribution in [0.2, 0.25) is 5.02 Å². The molecule has 0 aliphatic heterocycles. The molecule has 0 bridgehead atoms. The van der Waals surface area contributed by atoms with Crippen molar-refractivity contribution in [1.82, 2.24) is 10.2 Å². The molecular weight excluding hydrogens is 400 g/mol. The molecule has 3 rings (SSSR count). The van der Waals surface area contributed by atoms with Crippen LogP contribution in [0.5, 0.6) is 5.75 Å². The van der Waals surface area contributed by atoms with E-state index in [0.717, 1.165) is 16.3 Å². The van der Waals surface area contributed by atoms with Crippen molar-refractivity contribution < 1.29 is 14.3 Å². The topological polar surface area (TPSA) is 58.6 Å². The van der Waals surface area contributed by atoms with Crippen molar-refractivity contribution in [1.29, 1.82) is 0 Å². The molecule has 3 aromatic rings. The first kappa shape index (κ1) is 21.7. The summed E-state index contributed by atoms with van der Waals surface area (Å²) < 4.78 is 5.86. The van der Waals surface area contributed by atoms with E-state index < -0.39 is 6.04 Å². The van der Waals surface area contributed by atoms with Crippen molar-refractivity contribution >= 4 is 34.2 Å². The van der Waals surface area contributed by atoms with Crippen LogP contribution in [0, 0.1) is 0 Å². The number of halogens is 1. The number of nitrogens with one attached hydrogen (secondary N) is 1. The molecule has 1 N–H and O–H groups in total. The Labute approximate surface area is 181 Å². The number of carbonyl (C=O) groups excluding carboxylic acids is 2. The Morgan fingerprint density at radius 3 is 2.47 bits per heavy atom. The smallest absolute Gasteiger partial charge is 0.261 e. The van der Waals surface area contributed by atoms with Crippen molar-refractivity contribution in [2.75, 3.05) is 13.2 Å². The number of carbonyl (C=O) groups is 2. The average Bonchev–Trinajstić information content (AvgIpc) is 2.76. The summed E-state index contributed by atoms with van der Waals surface area (Å²) in [6.45, 7) is 4.19. The fourth-order valence-corrected chi connectivity index (χ4v) is 3.36. The molecule has 0 unspecified atom stereocenters. The van der Waals surface area contributed by atoms with Gasteiger partial charge in [0.15, 0.2) is 6.61 Å². The van der Waals surface area contributed by atoms with Crippen LogP contribution >= 0.6 is 11.6 Å². The van der Waals surface area contributed by atoms with Crippen molar-refractivity contribution in [2.24, 2.45) is 0 Å². The molecule has 0 heterocycles. The van der Waals surface area contributed by atoms with Crippen molar-refractivity contribution in [2.45, 2.75) is 26.4 Å². The van der Waals surface area contributed by atoms with Crippen LogP contribution < -0.4 is 10.1 Å². The van der Waals surface area contributed by atoms with E-state index in [4.69, 9.17) is 16.3 Å². The van der Waals surface area contributed by atoms with Gasteiger partial charge in [0.2, 0.25) is 5.91 Å². The summed E-state index contributed by atoms with van der Waals surface area (Å²) in [4.78, 5) is 27.0. The first-order chi connectivity index (χ1) is 14.5. The second kappa shape index (κ2) is 10.1. The molecule has 0 saturated heterocycles. The number of ether oxygens (including phenoxy) is 1. The fourth-order valence-electron chi connectivity index (χ4n) is 3.24.